The lowest BCUT2D eigenvalue weighted by Crippen LogP contribution is -2.51. The first-order chi connectivity index (χ1) is 10.7. The molecule has 0 fully saturated rings. The van der Waals surface area contributed by atoms with Crippen molar-refractivity contribution >= 4 is 22.6 Å². The number of aromatic nitrogens is 2. The van der Waals surface area contributed by atoms with Crippen molar-refractivity contribution < 1.29 is 14.7 Å². The fourth-order valence-corrected chi connectivity index (χ4v) is 2.31. The first-order valence-electron chi connectivity index (χ1n) is 7.26. The zero-order valence-corrected chi connectivity index (χ0v) is 13.2. The van der Waals surface area contributed by atoms with Crippen LogP contribution in [0.2, 0.25) is 0 Å². The first kappa shape index (κ1) is 16.7. The van der Waals surface area contributed by atoms with Gasteiger partial charge in [0.15, 0.2) is 5.69 Å². The van der Waals surface area contributed by atoms with Gasteiger partial charge in [0.1, 0.15) is 0 Å². The van der Waals surface area contributed by atoms with Gasteiger partial charge in [-0.1, -0.05) is 32.0 Å². The highest BCUT2D eigenvalue weighted by Gasteiger charge is 2.34. The molecule has 0 saturated heterocycles. The summed E-state index contributed by atoms with van der Waals surface area (Å²) in [5.41, 5.74) is -1.24. The van der Waals surface area contributed by atoms with Gasteiger partial charge in [-0.3, -0.25) is 14.4 Å². The van der Waals surface area contributed by atoms with E-state index in [1.807, 2.05) is 13.8 Å². The maximum absolute atomic E-state index is 12.6. The van der Waals surface area contributed by atoms with Crippen LogP contribution in [-0.2, 0) is 4.79 Å². The van der Waals surface area contributed by atoms with Crippen molar-refractivity contribution in [1.29, 1.82) is 0 Å². The van der Waals surface area contributed by atoms with Gasteiger partial charge in [-0.25, -0.2) is 5.10 Å². The van der Waals surface area contributed by atoms with E-state index in [-0.39, 0.29) is 23.6 Å². The Bertz CT molecular complexity index is 812. The van der Waals surface area contributed by atoms with Gasteiger partial charge in [-0.2, -0.15) is 5.10 Å². The molecule has 0 spiro atoms. The highest BCUT2D eigenvalue weighted by Crippen LogP contribution is 2.22. The van der Waals surface area contributed by atoms with Crippen LogP contribution in [0.25, 0.3) is 10.8 Å². The number of nitrogens with one attached hydrogen (secondary N) is 2. The van der Waals surface area contributed by atoms with Crippen LogP contribution in [0.1, 0.15) is 37.7 Å². The number of nitrogens with zero attached hydrogens (tertiary/aromatic N) is 1. The Hall–Kier alpha value is -2.70. The number of H-pyrrole nitrogens is 1. The fourth-order valence-electron chi connectivity index (χ4n) is 2.31. The van der Waals surface area contributed by atoms with Crippen molar-refractivity contribution in [2.75, 3.05) is 0 Å². The summed E-state index contributed by atoms with van der Waals surface area (Å²) in [6, 6.07) is 6.64. The Morgan fingerprint density at radius 3 is 2.48 bits per heavy atom. The third-order valence-electron chi connectivity index (χ3n) is 4.10. The van der Waals surface area contributed by atoms with Crippen molar-refractivity contribution in [2.24, 2.45) is 5.92 Å². The number of hydrogen-bond donors (Lipinski definition) is 3. The Morgan fingerprint density at radius 1 is 1.30 bits per heavy atom. The molecular weight excluding hydrogens is 298 g/mol. The molecule has 0 radical (unpaired) electrons. The number of rotatable bonds is 5. The summed E-state index contributed by atoms with van der Waals surface area (Å²) >= 11 is 0. The number of hydrogen-bond acceptors (Lipinski definition) is 4. The van der Waals surface area contributed by atoms with Gasteiger partial charge in [0.05, 0.1) is 17.3 Å². The fraction of sp³-hybridized carbons (Fsp3) is 0.375. The summed E-state index contributed by atoms with van der Waals surface area (Å²) in [4.78, 5) is 35.4. The first-order valence-corrected chi connectivity index (χ1v) is 7.26. The van der Waals surface area contributed by atoms with Crippen LogP contribution in [0, 0.1) is 5.92 Å². The van der Waals surface area contributed by atoms with Crippen LogP contribution in [0.15, 0.2) is 29.1 Å². The Labute approximate surface area is 132 Å². The van der Waals surface area contributed by atoms with E-state index in [1.165, 1.54) is 0 Å². The molecule has 3 N–H and O–H groups in total. The summed E-state index contributed by atoms with van der Waals surface area (Å²) in [6.45, 7) is 5.35. The van der Waals surface area contributed by atoms with Crippen molar-refractivity contribution in [3.05, 3.63) is 40.3 Å². The molecule has 0 aliphatic heterocycles. The standard InChI is InChI=1S/C16H19N3O4/c1-9(2)16(3,8-12(20)21)17-15(23)13-10-6-4-5-7-11(10)14(22)19-18-13/h4-7,9H,8H2,1-3H3,(H,17,23)(H,19,22)(H,20,21). The highest BCUT2D eigenvalue weighted by molar-refractivity contribution is 6.05. The number of aliphatic carboxylic acids is 1. The van der Waals surface area contributed by atoms with Crippen LogP contribution in [0.4, 0.5) is 0 Å². The molecule has 122 valence electrons. The lowest BCUT2D eigenvalue weighted by Gasteiger charge is -2.33. The second kappa shape index (κ2) is 6.20. The van der Waals surface area contributed by atoms with E-state index in [4.69, 9.17) is 5.11 Å². The molecule has 1 amide bonds. The molecule has 7 nitrogen and oxygen atoms in total. The number of amides is 1. The van der Waals surface area contributed by atoms with Gasteiger partial charge >= 0.3 is 5.97 Å². The number of carboxylic acids is 1. The van der Waals surface area contributed by atoms with Gasteiger partial charge in [0.25, 0.3) is 11.5 Å². The van der Waals surface area contributed by atoms with Crippen molar-refractivity contribution in [1.82, 2.24) is 15.5 Å². The van der Waals surface area contributed by atoms with E-state index in [9.17, 15) is 14.4 Å². The molecule has 0 saturated carbocycles. The maximum Gasteiger partial charge on any atom is 0.305 e. The average molecular weight is 317 g/mol. The predicted molar refractivity (Wildman–Crippen MR) is 85.3 cm³/mol. The highest BCUT2D eigenvalue weighted by atomic mass is 16.4. The zero-order chi connectivity index (χ0) is 17.2. The lowest BCUT2D eigenvalue weighted by molar-refractivity contribution is -0.138. The number of carbonyl (C=O) groups excluding carboxylic acids is 1. The van der Waals surface area contributed by atoms with E-state index in [0.29, 0.717) is 10.8 Å². The van der Waals surface area contributed by atoms with Gasteiger partial charge in [-0.15, -0.1) is 0 Å². The van der Waals surface area contributed by atoms with Crippen molar-refractivity contribution in [2.45, 2.75) is 32.7 Å². The van der Waals surface area contributed by atoms with Crippen LogP contribution >= 0.6 is 0 Å². The molecule has 23 heavy (non-hydrogen) atoms. The Morgan fingerprint density at radius 2 is 1.91 bits per heavy atom. The molecule has 1 aromatic heterocycles. The Kier molecular flexibility index (Phi) is 4.49. The van der Waals surface area contributed by atoms with Gasteiger partial charge < -0.3 is 10.4 Å². The molecule has 2 rings (SSSR count). The minimum absolute atomic E-state index is 0.0671. The molecule has 1 heterocycles. The van der Waals surface area contributed by atoms with Crippen LogP contribution in [-0.4, -0.2) is 32.7 Å². The zero-order valence-electron chi connectivity index (χ0n) is 13.2. The molecule has 1 aromatic carbocycles. The van der Waals surface area contributed by atoms with Gasteiger partial charge in [-0.05, 0) is 18.9 Å². The summed E-state index contributed by atoms with van der Waals surface area (Å²) in [5.74, 6) is -1.62. The summed E-state index contributed by atoms with van der Waals surface area (Å²) < 4.78 is 0. The van der Waals surface area contributed by atoms with Crippen molar-refractivity contribution in [3.8, 4) is 0 Å². The third-order valence-corrected chi connectivity index (χ3v) is 4.10. The smallest absolute Gasteiger partial charge is 0.305 e. The predicted octanol–water partition coefficient (Wildman–Crippen LogP) is 1.54. The summed E-state index contributed by atoms with van der Waals surface area (Å²) in [7, 11) is 0. The maximum atomic E-state index is 12.6. The SMILES string of the molecule is CC(C)C(C)(CC(=O)O)NC(=O)c1n[nH]c(=O)c2ccccc12. The molecule has 7 heteroatoms. The van der Waals surface area contributed by atoms with Gasteiger partial charge in [0, 0.05) is 5.39 Å². The van der Waals surface area contributed by atoms with Crippen LogP contribution in [0.3, 0.4) is 0 Å². The van der Waals surface area contributed by atoms with E-state index in [0.717, 1.165) is 0 Å². The number of carbonyl (C=O) groups is 2. The third kappa shape index (κ3) is 3.39. The van der Waals surface area contributed by atoms with E-state index < -0.39 is 17.4 Å². The largest absolute Gasteiger partial charge is 0.481 e. The Balaban J connectivity index is 2.43. The number of aromatic amines is 1. The molecule has 0 bridgehead atoms. The minimum atomic E-state index is -0.999. The lowest BCUT2D eigenvalue weighted by atomic mass is 9.85. The average Bonchev–Trinajstić information content (AvgIpc) is 2.46. The van der Waals surface area contributed by atoms with E-state index in [2.05, 4.69) is 15.5 Å². The van der Waals surface area contributed by atoms with E-state index >= 15 is 0 Å². The molecular formula is C16H19N3O4. The molecule has 0 aliphatic rings. The molecule has 1 unspecified atom stereocenters. The monoisotopic (exact) mass is 317 g/mol. The van der Waals surface area contributed by atoms with Gasteiger partial charge in [0.2, 0.25) is 0 Å². The summed E-state index contributed by atoms with van der Waals surface area (Å²) in [6.07, 6.45) is -0.211. The normalized spacial score (nSPS) is 13.7. The molecule has 0 aliphatic carbocycles. The van der Waals surface area contributed by atoms with Crippen LogP contribution in [0.5, 0.6) is 0 Å². The van der Waals surface area contributed by atoms with Crippen LogP contribution < -0.4 is 10.9 Å². The number of benzene rings is 1. The quantitative estimate of drug-likeness (QED) is 0.774. The number of carboxylic acid groups (broad SMARTS) is 1. The second-order valence-corrected chi connectivity index (χ2v) is 6.04. The van der Waals surface area contributed by atoms with Crippen molar-refractivity contribution in [3.63, 3.8) is 0 Å². The molecule has 2 aromatic rings. The summed E-state index contributed by atoms with van der Waals surface area (Å²) in [5, 5.41) is 18.7. The topological polar surface area (TPSA) is 112 Å². The second-order valence-electron chi connectivity index (χ2n) is 6.04. The minimum Gasteiger partial charge on any atom is -0.481 e. The molecule has 1 atom stereocenters. The number of fused-ring (bicyclic) bond motifs is 1. The van der Waals surface area contributed by atoms with E-state index in [1.54, 1.807) is 31.2 Å².